The number of alkyl halides is 1. The van der Waals surface area contributed by atoms with E-state index in [0.29, 0.717) is 5.33 Å². The average molecular weight is 272 g/mol. The number of thiol groups is 1. The van der Waals surface area contributed by atoms with Gasteiger partial charge in [0.05, 0.1) is 11.1 Å². The Morgan fingerprint density at radius 1 is 1.64 bits per heavy atom. The summed E-state index contributed by atoms with van der Waals surface area (Å²) in [5.74, 6) is -1.07. The quantitative estimate of drug-likeness (QED) is 0.642. The zero-order valence-electron chi connectivity index (χ0n) is 6.99. The van der Waals surface area contributed by atoms with Gasteiger partial charge in [-0.15, -0.1) is 12.6 Å². The number of benzene rings is 1. The molecule has 0 fully saturated rings. The van der Waals surface area contributed by atoms with Crippen LogP contribution in [-0.4, -0.2) is 11.1 Å². The zero-order chi connectivity index (χ0) is 10.7. The summed E-state index contributed by atoms with van der Waals surface area (Å²) in [5, 5.41) is 18.1. The number of nitrogens with zero attached hydrogens (tertiary/aromatic N) is 1. The number of carbonyl (C=O) groups is 1. The molecule has 0 amide bonds. The standard InChI is InChI=1S/C9H6BrNO2S/c10-3-5-1-6(4-11)8(14)7(2-5)9(12)13/h1-2,14H,3H2,(H,12,13). The van der Waals surface area contributed by atoms with Crippen molar-refractivity contribution in [3.05, 3.63) is 28.8 Å². The van der Waals surface area contributed by atoms with Crippen LogP contribution < -0.4 is 0 Å². The summed E-state index contributed by atoms with van der Waals surface area (Å²) in [4.78, 5) is 11.0. The van der Waals surface area contributed by atoms with Crippen molar-refractivity contribution in [1.82, 2.24) is 0 Å². The lowest BCUT2D eigenvalue weighted by Gasteiger charge is -2.04. The van der Waals surface area contributed by atoms with Crippen LogP contribution in [-0.2, 0) is 5.33 Å². The first-order valence-electron chi connectivity index (χ1n) is 3.65. The predicted octanol–water partition coefficient (Wildman–Crippen LogP) is 2.44. The maximum absolute atomic E-state index is 10.8. The van der Waals surface area contributed by atoms with Gasteiger partial charge < -0.3 is 5.11 Å². The lowest BCUT2D eigenvalue weighted by atomic mass is 10.1. The van der Waals surface area contributed by atoms with Crippen molar-refractivity contribution in [1.29, 1.82) is 5.26 Å². The first kappa shape index (κ1) is 11.1. The van der Waals surface area contributed by atoms with E-state index < -0.39 is 5.97 Å². The van der Waals surface area contributed by atoms with Crippen LogP contribution in [0.25, 0.3) is 0 Å². The fourth-order valence-electron chi connectivity index (χ4n) is 1.02. The van der Waals surface area contributed by atoms with Crippen LogP contribution in [0, 0.1) is 11.3 Å². The summed E-state index contributed by atoms with van der Waals surface area (Å²) in [6.45, 7) is 0. The van der Waals surface area contributed by atoms with Gasteiger partial charge in [-0.3, -0.25) is 0 Å². The molecule has 72 valence electrons. The summed E-state index contributed by atoms with van der Waals surface area (Å²) in [6.07, 6.45) is 0. The van der Waals surface area contributed by atoms with Crippen LogP contribution in [0.5, 0.6) is 0 Å². The second-order valence-electron chi connectivity index (χ2n) is 2.59. The molecule has 0 radical (unpaired) electrons. The Morgan fingerprint density at radius 2 is 2.29 bits per heavy atom. The fraction of sp³-hybridized carbons (Fsp3) is 0.111. The Kier molecular flexibility index (Phi) is 3.55. The molecule has 0 aliphatic heterocycles. The third kappa shape index (κ3) is 2.08. The molecule has 0 saturated carbocycles. The molecule has 0 aliphatic rings. The van der Waals surface area contributed by atoms with Gasteiger partial charge in [-0.2, -0.15) is 5.26 Å². The molecule has 0 bridgehead atoms. The van der Waals surface area contributed by atoms with Crippen molar-refractivity contribution in [3.8, 4) is 6.07 Å². The SMILES string of the molecule is N#Cc1cc(CBr)cc(C(=O)O)c1S. The smallest absolute Gasteiger partial charge is 0.336 e. The number of rotatable bonds is 2. The van der Waals surface area contributed by atoms with Gasteiger partial charge in [-0.05, 0) is 17.7 Å². The van der Waals surface area contributed by atoms with Crippen LogP contribution in [0.1, 0.15) is 21.5 Å². The zero-order valence-corrected chi connectivity index (χ0v) is 9.47. The normalized spacial score (nSPS) is 9.50. The van der Waals surface area contributed by atoms with E-state index >= 15 is 0 Å². The molecular weight excluding hydrogens is 266 g/mol. The third-order valence-electron chi connectivity index (χ3n) is 1.67. The van der Waals surface area contributed by atoms with Crippen LogP contribution in [0.4, 0.5) is 0 Å². The van der Waals surface area contributed by atoms with Gasteiger partial charge in [0.1, 0.15) is 6.07 Å². The Bertz CT molecular complexity index is 426. The van der Waals surface area contributed by atoms with Gasteiger partial charge in [-0.25, -0.2) is 4.79 Å². The second-order valence-corrected chi connectivity index (χ2v) is 3.60. The maximum Gasteiger partial charge on any atom is 0.336 e. The highest BCUT2D eigenvalue weighted by Gasteiger charge is 2.12. The van der Waals surface area contributed by atoms with E-state index in [9.17, 15) is 4.79 Å². The number of aromatic carboxylic acids is 1. The van der Waals surface area contributed by atoms with E-state index in [1.165, 1.54) is 6.07 Å². The van der Waals surface area contributed by atoms with Crippen LogP contribution >= 0.6 is 28.6 Å². The van der Waals surface area contributed by atoms with Crippen LogP contribution in [0.15, 0.2) is 17.0 Å². The van der Waals surface area contributed by atoms with E-state index in [-0.39, 0.29) is 16.0 Å². The molecule has 0 unspecified atom stereocenters. The minimum atomic E-state index is -1.07. The highest BCUT2D eigenvalue weighted by Crippen LogP contribution is 2.22. The number of hydrogen-bond acceptors (Lipinski definition) is 3. The molecule has 0 atom stereocenters. The minimum Gasteiger partial charge on any atom is -0.478 e. The molecule has 0 aromatic heterocycles. The highest BCUT2D eigenvalue weighted by molar-refractivity contribution is 9.08. The molecule has 0 saturated heterocycles. The fourth-order valence-corrected chi connectivity index (χ4v) is 1.62. The molecule has 5 heteroatoms. The number of carboxylic acid groups (broad SMARTS) is 1. The van der Waals surface area contributed by atoms with E-state index in [1.54, 1.807) is 6.07 Å². The molecular formula is C9H6BrNO2S. The first-order chi connectivity index (χ1) is 6.60. The molecule has 1 aromatic rings. The lowest BCUT2D eigenvalue weighted by molar-refractivity contribution is 0.0693. The summed E-state index contributed by atoms with van der Waals surface area (Å²) >= 11 is 7.20. The summed E-state index contributed by atoms with van der Waals surface area (Å²) in [6, 6.07) is 5.02. The Balaban J connectivity index is 3.44. The average Bonchev–Trinajstić information content (AvgIpc) is 2.17. The molecule has 0 spiro atoms. The Hall–Kier alpha value is -0.990. The largest absolute Gasteiger partial charge is 0.478 e. The number of hydrogen-bond donors (Lipinski definition) is 2. The number of carboxylic acids is 1. The molecule has 1 aromatic carbocycles. The molecule has 14 heavy (non-hydrogen) atoms. The Morgan fingerprint density at radius 3 is 2.71 bits per heavy atom. The van der Waals surface area contributed by atoms with E-state index in [4.69, 9.17) is 10.4 Å². The van der Waals surface area contributed by atoms with Crippen molar-refractivity contribution in [2.45, 2.75) is 10.2 Å². The van der Waals surface area contributed by atoms with Crippen molar-refractivity contribution >= 4 is 34.5 Å². The Labute approximate surface area is 94.9 Å². The van der Waals surface area contributed by atoms with Gasteiger partial charge in [0.25, 0.3) is 0 Å². The van der Waals surface area contributed by atoms with Crippen molar-refractivity contribution < 1.29 is 9.90 Å². The molecule has 1 rings (SSSR count). The summed E-state index contributed by atoms with van der Waals surface area (Å²) < 4.78 is 0. The highest BCUT2D eigenvalue weighted by atomic mass is 79.9. The van der Waals surface area contributed by atoms with Crippen LogP contribution in [0.2, 0.25) is 0 Å². The third-order valence-corrected chi connectivity index (χ3v) is 2.80. The van der Waals surface area contributed by atoms with E-state index in [1.807, 2.05) is 6.07 Å². The molecule has 3 nitrogen and oxygen atoms in total. The molecule has 0 aliphatic carbocycles. The monoisotopic (exact) mass is 271 g/mol. The summed E-state index contributed by atoms with van der Waals surface area (Å²) in [7, 11) is 0. The number of nitriles is 1. The van der Waals surface area contributed by atoms with Crippen molar-refractivity contribution in [2.75, 3.05) is 0 Å². The van der Waals surface area contributed by atoms with Gasteiger partial charge in [0.2, 0.25) is 0 Å². The molecule has 0 heterocycles. The predicted molar refractivity (Wildman–Crippen MR) is 58.0 cm³/mol. The number of halogens is 1. The van der Waals surface area contributed by atoms with E-state index in [0.717, 1.165) is 5.56 Å². The van der Waals surface area contributed by atoms with Gasteiger partial charge in [0, 0.05) is 10.2 Å². The summed E-state index contributed by atoms with van der Waals surface area (Å²) in [5.41, 5.74) is 1.08. The first-order valence-corrected chi connectivity index (χ1v) is 5.22. The van der Waals surface area contributed by atoms with Crippen molar-refractivity contribution in [3.63, 3.8) is 0 Å². The topological polar surface area (TPSA) is 61.1 Å². The van der Waals surface area contributed by atoms with Crippen molar-refractivity contribution in [2.24, 2.45) is 0 Å². The van der Waals surface area contributed by atoms with E-state index in [2.05, 4.69) is 28.6 Å². The van der Waals surface area contributed by atoms with Gasteiger partial charge >= 0.3 is 5.97 Å². The van der Waals surface area contributed by atoms with Gasteiger partial charge in [-0.1, -0.05) is 15.9 Å². The van der Waals surface area contributed by atoms with Crippen LogP contribution in [0.3, 0.4) is 0 Å². The maximum atomic E-state index is 10.8. The lowest BCUT2D eigenvalue weighted by Crippen LogP contribution is -2.01. The second kappa shape index (κ2) is 4.49. The van der Waals surface area contributed by atoms with Gasteiger partial charge in [0.15, 0.2) is 0 Å². The molecule has 1 N–H and O–H groups in total. The minimum absolute atomic E-state index is 0.0573.